The molecular weight excluding hydrogens is 763 g/mol. The first-order chi connectivity index (χ1) is 27.3. The zero-order chi connectivity index (χ0) is 40.4. The SMILES string of the molecule is Cc1cc(OCCCc2c3n(c4c(-c5c(C)nn(C)c5C)c(Cl)ccc24)[C@H](C)CN(c2c(C(=O)O)n(C)c4ccc(CN5CCOCC5)cc24)C3=O)cc(C)c1Cl. The molecule has 2 aliphatic rings. The molecule has 57 heavy (non-hydrogen) atoms. The van der Waals surface area contributed by atoms with Crippen molar-refractivity contribution in [1.82, 2.24) is 23.8 Å². The summed E-state index contributed by atoms with van der Waals surface area (Å²) < 4.78 is 17.5. The molecule has 0 spiro atoms. The molecule has 0 bridgehead atoms. The minimum Gasteiger partial charge on any atom is -0.494 e. The second kappa shape index (κ2) is 15.2. The summed E-state index contributed by atoms with van der Waals surface area (Å²) in [6.07, 6.45) is 1.16. The molecule has 1 saturated heterocycles. The van der Waals surface area contributed by atoms with Gasteiger partial charge in [-0.1, -0.05) is 35.3 Å². The number of morpholine rings is 1. The molecule has 13 heteroatoms. The predicted octanol–water partition coefficient (Wildman–Crippen LogP) is 8.84. The lowest BCUT2D eigenvalue weighted by molar-refractivity contribution is 0.0342. The van der Waals surface area contributed by atoms with Crippen LogP contribution in [-0.2, 0) is 31.8 Å². The molecule has 3 aromatic heterocycles. The Morgan fingerprint density at radius 3 is 2.37 bits per heavy atom. The molecule has 0 saturated carbocycles. The van der Waals surface area contributed by atoms with Crippen LogP contribution in [0, 0.1) is 27.7 Å². The van der Waals surface area contributed by atoms with Crippen LogP contribution < -0.4 is 9.64 Å². The number of hydrogen-bond donors (Lipinski definition) is 1. The molecule has 0 radical (unpaired) electrons. The van der Waals surface area contributed by atoms with Crippen LogP contribution in [0.15, 0.2) is 42.5 Å². The van der Waals surface area contributed by atoms with E-state index in [1.165, 1.54) is 0 Å². The van der Waals surface area contributed by atoms with Gasteiger partial charge >= 0.3 is 5.97 Å². The summed E-state index contributed by atoms with van der Waals surface area (Å²) in [6, 6.07) is 13.6. The quantitative estimate of drug-likeness (QED) is 0.138. The van der Waals surface area contributed by atoms with E-state index in [0.29, 0.717) is 55.6 Å². The number of halogens is 2. The fourth-order valence-corrected chi connectivity index (χ4v) is 9.38. The fourth-order valence-electron chi connectivity index (χ4n) is 9.03. The molecule has 2 aliphatic heterocycles. The summed E-state index contributed by atoms with van der Waals surface area (Å²) in [7, 11) is 3.68. The molecule has 0 unspecified atom stereocenters. The first-order valence-corrected chi connectivity index (χ1v) is 20.2. The average Bonchev–Trinajstić information content (AvgIpc) is 3.76. The van der Waals surface area contributed by atoms with Gasteiger partial charge in [-0.05, 0) is 100 Å². The number of aryl methyl sites for hydroxylation is 6. The van der Waals surface area contributed by atoms with E-state index >= 15 is 4.79 Å². The molecule has 5 heterocycles. The van der Waals surface area contributed by atoms with E-state index < -0.39 is 5.97 Å². The number of aromatic carboxylic acids is 1. The molecule has 1 atom stereocenters. The number of rotatable bonds is 10. The second-order valence-electron chi connectivity index (χ2n) is 15.6. The van der Waals surface area contributed by atoms with Gasteiger partial charge in [-0.3, -0.25) is 14.4 Å². The minimum atomic E-state index is -1.09. The fraction of sp³-hybridized carbons (Fsp3) is 0.386. The number of fused-ring (bicyclic) bond motifs is 4. The van der Waals surface area contributed by atoms with Crippen molar-refractivity contribution in [3.63, 3.8) is 0 Å². The third-order valence-corrected chi connectivity index (χ3v) is 12.7. The number of carbonyl (C=O) groups excluding carboxylic acids is 1. The van der Waals surface area contributed by atoms with Crippen LogP contribution in [0.25, 0.3) is 32.9 Å². The molecule has 1 N–H and O–H groups in total. The third-order valence-electron chi connectivity index (χ3n) is 11.8. The summed E-state index contributed by atoms with van der Waals surface area (Å²) in [4.78, 5) is 32.6. The Morgan fingerprint density at radius 1 is 0.982 bits per heavy atom. The molecule has 1 amide bonds. The van der Waals surface area contributed by atoms with Gasteiger partial charge in [-0.2, -0.15) is 5.10 Å². The van der Waals surface area contributed by atoms with Crippen LogP contribution >= 0.6 is 23.2 Å². The first kappa shape index (κ1) is 39.0. The molecular formula is C44H48Cl2N6O5. The number of amides is 1. The van der Waals surface area contributed by atoms with Gasteiger partial charge in [0.05, 0.1) is 47.3 Å². The summed E-state index contributed by atoms with van der Waals surface area (Å²) in [5, 5.41) is 18.4. The van der Waals surface area contributed by atoms with E-state index in [0.717, 1.165) is 90.4 Å². The van der Waals surface area contributed by atoms with Gasteiger partial charge in [-0.15, -0.1) is 0 Å². The number of ether oxygens (including phenoxy) is 2. The lowest BCUT2D eigenvalue weighted by Crippen LogP contribution is -2.43. The van der Waals surface area contributed by atoms with Gasteiger partial charge < -0.3 is 28.6 Å². The number of aromatic nitrogens is 4. The van der Waals surface area contributed by atoms with Crippen LogP contribution in [0.5, 0.6) is 5.75 Å². The maximum absolute atomic E-state index is 15.4. The number of nitrogens with zero attached hydrogens (tertiary/aromatic N) is 6. The van der Waals surface area contributed by atoms with Crippen molar-refractivity contribution in [1.29, 1.82) is 0 Å². The number of anilines is 1. The number of carboxylic acid groups (broad SMARTS) is 1. The molecule has 11 nitrogen and oxygen atoms in total. The van der Waals surface area contributed by atoms with E-state index in [1.54, 1.807) is 16.5 Å². The monoisotopic (exact) mass is 810 g/mol. The van der Waals surface area contributed by atoms with Crippen LogP contribution in [0.3, 0.4) is 0 Å². The largest absolute Gasteiger partial charge is 0.494 e. The van der Waals surface area contributed by atoms with Gasteiger partial charge in [0.1, 0.15) is 11.4 Å². The van der Waals surface area contributed by atoms with Crippen LogP contribution in [-0.4, -0.2) is 80.3 Å². The van der Waals surface area contributed by atoms with Crippen molar-refractivity contribution >= 4 is 62.6 Å². The van der Waals surface area contributed by atoms with Crippen molar-refractivity contribution in [2.75, 3.05) is 44.4 Å². The van der Waals surface area contributed by atoms with E-state index in [-0.39, 0.29) is 24.2 Å². The Morgan fingerprint density at radius 2 is 1.70 bits per heavy atom. The second-order valence-corrected chi connectivity index (χ2v) is 16.4. The first-order valence-electron chi connectivity index (χ1n) is 19.5. The lowest BCUT2D eigenvalue weighted by Gasteiger charge is -2.34. The molecule has 6 aromatic rings. The number of hydrogen-bond acceptors (Lipinski definition) is 6. The Bertz CT molecular complexity index is 2570. The van der Waals surface area contributed by atoms with Gasteiger partial charge in [0.2, 0.25) is 0 Å². The number of carboxylic acids is 1. The molecule has 3 aromatic carbocycles. The highest BCUT2D eigenvalue weighted by Crippen LogP contribution is 2.46. The van der Waals surface area contributed by atoms with Crippen molar-refractivity contribution in [3.8, 4) is 16.9 Å². The predicted molar refractivity (Wildman–Crippen MR) is 226 cm³/mol. The van der Waals surface area contributed by atoms with Gasteiger partial charge in [0.25, 0.3) is 5.91 Å². The zero-order valence-electron chi connectivity index (χ0n) is 33.5. The van der Waals surface area contributed by atoms with Gasteiger partial charge in [-0.25, -0.2) is 4.79 Å². The Kier molecular flexibility index (Phi) is 10.4. The number of carbonyl (C=O) groups is 2. The van der Waals surface area contributed by atoms with E-state index in [9.17, 15) is 9.90 Å². The van der Waals surface area contributed by atoms with E-state index in [4.69, 9.17) is 37.8 Å². The molecule has 1 fully saturated rings. The average molecular weight is 812 g/mol. The van der Waals surface area contributed by atoms with E-state index in [2.05, 4.69) is 22.5 Å². The Labute approximate surface area is 342 Å². The van der Waals surface area contributed by atoms with Crippen LogP contribution in [0.4, 0.5) is 5.69 Å². The highest BCUT2D eigenvalue weighted by molar-refractivity contribution is 6.35. The van der Waals surface area contributed by atoms with Crippen molar-refractivity contribution in [3.05, 3.63) is 97.5 Å². The highest BCUT2D eigenvalue weighted by Gasteiger charge is 2.39. The Hall–Kier alpha value is -4.81. The lowest BCUT2D eigenvalue weighted by atomic mass is 9.98. The molecule has 8 rings (SSSR count). The number of benzene rings is 3. The highest BCUT2D eigenvalue weighted by atomic mass is 35.5. The standard InChI is InChI=1S/C44H48Cl2N6O5/c1-24-19-30(20-25(2)38(24)46)57-16-8-9-31-32-11-12-34(45)37(36-27(4)47-49(7)28(36)5)39(32)52-26(3)22-51(43(53)41(31)52)40-33-21-29(23-50-14-17-56-18-15-50)10-13-35(33)48(6)42(40)44(54)55/h10-13,19-21,26H,8-9,14-18,22-23H2,1-7H3,(H,54,55)/t26-/m1/s1. The van der Waals surface area contributed by atoms with Gasteiger partial charge in [0.15, 0.2) is 5.69 Å². The zero-order valence-corrected chi connectivity index (χ0v) is 35.0. The van der Waals surface area contributed by atoms with Crippen molar-refractivity contribution < 1.29 is 24.2 Å². The van der Waals surface area contributed by atoms with Crippen LogP contribution in [0.1, 0.15) is 74.0 Å². The van der Waals surface area contributed by atoms with Gasteiger partial charge in [0, 0.05) is 78.9 Å². The third kappa shape index (κ3) is 6.68. The normalized spacial score (nSPS) is 16.3. The summed E-state index contributed by atoms with van der Waals surface area (Å²) >= 11 is 13.6. The maximum Gasteiger partial charge on any atom is 0.354 e. The van der Waals surface area contributed by atoms with Crippen molar-refractivity contribution in [2.45, 2.75) is 60.0 Å². The summed E-state index contributed by atoms with van der Waals surface area (Å²) in [5.74, 6) is -0.595. The summed E-state index contributed by atoms with van der Waals surface area (Å²) in [5.41, 5.74) is 10.1. The molecule has 0 aliphatic carbocycles. The van der Waals surface area contributed by atoms with Crippen LogP contribution in [0.2, 0.25) is 10.0 Å². The Balaban J connectivity index is 1.27. The van der Waals surface area contributed by atoms with Crippen molar-refractivity contribution in [2.24, 2.45) is 14.1 Å². The van der Waals surface area contributed by atoms with E-state index in [1.807, 2.05) is 75.8 Å². The topological polar surface area (TPSA) is 107 Å². The maximum atomic E-state index is 15.4. The molecule has 298 valence electrons. The smallest absolute Gasteiger partial charge is 0.354 e. The summed E-state index contributed by atoms with van der Waals surface area (Å²) in [6.45, 7) is 14.4. The minimum absolute atomic E-state index is 0.0764.